The summed E-state index contributed by atoms with van der Waals surface area (Å²) in [5, 5.41) is 20.8. The zero-order chi connectivity index (χ0) is 15.0. The second kappa shape index (κ2) is 4.86. The second-order valence-corrected chi connectivity index (χ2v) is 5.39. The lowest BCUT2D eigenvalue weighted by atomic mass is 9.71. The van der Waals surface area contributed by atoms with Gasteiger partial charge in [-0.2, -0.15) is 0 Å². The number of carbonyl (C=O) groups is 1. The first-order valence-corrected chi connectivity index (χ1v) is 6.83. The van der Waals surface area contributed by atoms with Gasteiger partial charge in [-0.1, -0.05) is 66.2 Å². The molecule has 0 spiro atoms. The summed E-state index contributed by atoms with van der Waals surface area (Å²) in [6.45, 7) is 1.96. The minimum absolute atomic E-state index is 0.595. The minimum Gasteiger partial charge on any atom is -0.481 e. The monoisotopic (exact) mass is 280 g/mol. The molecular formula is C18H16O3. The summed E-state index contributed by atoms with van der Waals surface area (Å²) in [7, 11) is 0. The second-order valence-electron chi connectivity index (χ2n) is 5.39. The van der Waals surface area contributed by atoms with Crippen molar-refractivity contribution in [2.45, 2.75) is 12.5 Å². The molecule has 2 atom stereocenters. The van der Waals surface area contributed by atoms with Crippen LogP contribution in [0.3, 0.4) is 0 Å². The van der Waals surface area contributed by atoms with Crippen LogP contribution in [-0.4, -0.2) is 16.2 Å². The van der Waals surface area contributed by atoms with Crippen LogP contribution >= 0.6 is 0 Å². The summed E-state index contributed by atoms with van der Waals surface area (Å²) in [5.41, 5.74) is 1.58. The zero-order valence-electron chi connectivity index (χ0n) is 11.7. The van der Waals surface area contributed by atoms with Crippen LogP contribution in [0.5, 0.6) is 0 Å². The van der Waals surface area contributed by atoms with E-state index in [0.29, 0.717) is 11.1 Å². The molecule has 1 aliphatic rings. The molecule has 0 heterocycles. The van der Waals surface area contributed by atoms with Crippen molar-refractivity contribution >= 4 is 12.0 Å². The fourth-order valence-electron chi connectivity index (χ4n) is 2.90. The third-order valence-electron chi connectivity index (χ3n) is 4.05. The molecule has 21 heavy (non-hydrogen) atoms. The number of hydrogen-bond acceptors (Lipinski definition) is 2. The fourth-order valence-corrected chi connectivity index (χ4v) is 2.90. The lowest BCUT2D eigenvalue weighted by molar-refractivity contribution is -0.147. The standard InChI is InChI=1S/C18H16O3/c1-12-6-9-14(10-7-12)18(21)15-5-3-2-4-13(15)8-11-16(18)17(19)20/h2-11,16,21H,1H3,(H,19,20). The molecule has 3 heteroatoms. The Kier molecular flexibility index (Phi) is 3.15. The molecule has 0 radical (unpaired) electrons. The number of hydrogen-bond donors (Lipinski definition) is 2. The van der Waals surface area contributed by atoms with E-state index in [4.69, 9.17) is 0 Å². The predicted molar refractivity (Wildman–Crippen MR) is 80.8 cm³/mol. The number of aliphatic carboxylic acids is 1. The maximum Gasteiger partial charge on any atom is 0.314 e. The Labute approximate surface area is 123 Å². The fraction of sp³-hybridized carbons (Fsp3) is 0.167. The van der Waals surface area contributed by atoms with Crippen molar-refractivity contribution in [3.63, 3.8) is 0 Å². The first-order chi connectivity index (χ1) is 10.0. The molecule has 2 aromatic rings. The van der Waals surface area contributed by atoms with Gasteiger partial charge in [0.25, 0.3) is 0 Å². The zero-order valence-corrected chi connectivity index (χ0v) is 11.7. The molecule has 0 bridgehead atoms. The lowest BCUT2D eigenvalue weighted by Crippen LogP contribution is -2.42. The minimum atomic E-state index is -1.55. The molecule has 2 N–H and O–H groups in total. The smallest absolute Gasteiger partial charge is 0.314 e. The summed E-state index contributed by atoms with van der Waals surface area (Å²) in [6.07, 6.45) is 3.32. The van der Waals surface area contributed by atoms with Gasteiger partial charge >= 0.3 is 5.97 Å². The quantitative estimate of drug-likeness (QED) is 0.889. The first-order valence-electron chi connectivity index (χ1n) is 6.83. The van der Waals surface area contributed by atoms with Gasteiger partial charge in [0.1, 0.15) is 11.5 Å². The van der Waals surface area contributed by atoms with Crippen molar-refractivity contribution in [3.05, 3.63) is 76.9 Å². The van der Waals surface area contributed by atoms with Gasteiger partial charge < -0.3 is 10.2 Å². The van der Waals surface area contributed by atoms with E-state index in [1.807, 2.05) is 37.3 Å². The van der Waals surface area contributed by atoms with Gasteiger partial charge in [-0.05, 0) is 23.6 Å². The van der Waals surface area contributed by atoms with Crippen molar-refractivity contribution in [1.29, 1.82) is 0 Å². The van der Waals surface area contributed by atoms with Gasteiger partial charge in [0, 0.05) is 0 Å². The molecular weight excluding hydrogens is 264 g/mol. The van der Waals surface area contributed by atoms with Gasteiger partial charge in [0.05, 0.1) is 0 Å². The van der Waals surface area contributed by atoms with E-state index in [1.54, 1.807) is 30.4 Å². The van der Waals surface area contributed by atoms with Gasteiger partial charge in [0.2, 0.25) is 0 Å². The van der Waals surface area contributed by atoms with Crippen molar-refractivity contribution in [1.82, 2.24) is 0 Å². The lowest BCUT2D eigenvalue weighted by Gasteiger charge is -2.37. The van der Waals surface area contributed by atoms with Crippen LogP contribution in [0.2, 0.25) is 0 Å². The first kappa shape index (κ1) is 13.6. The largest absolute Gasteiger partial charge is 0.481 e. The van der Waals surface area contributed by atoms with E-state index < -0.39 is 17.5 Å². The van der Waals surface area contributed by atoms with Crippen molar-refractivity contribution < 1.29 is 15.0 Å². The van der Waals surface area contributed by atoms with Crippen molar-refractivity contribution in [2.24, 2.45) is 5.92 Å². The molecule has 2 unspecified atom stereocenters. The number of aryl methyl sites for hydroxylation is 1. The summed E-state index contributed by atoms with van der Waals surface area (Å²) >= 11 is 0. The van der Waals surface area contributed by atoms with Gasteiger partial charge in [0.15, 0.2) is 0 Å². The van der Waals surface area contributed by atoms with Crippen LogP contribution in [0.4, 0.5) is 0 Å². The molecule has 2 aromatic carbocycles. The van der Waals surface area contributed by atoms with E-state index in [2.05, 4.69) is 0 Å². The summed E-state index contributed by atoms with van der Waals surface area (Å²) in [4.78, 5) is 11.6. The molecule has 106 valence electrons. The predicted octanol–water partition coefficient (Wildman–Crippen LogP) is 2.96. The van der Waals surface area contributed by atoms with Crippen LogP contribution in [0.1, 0.15) is 22.3 Å². The number of carboxylic acid groups (broad SMARTS) is 1. The van der Waals surface area contributed by atoms with E-state index in [0.717, 1.165) is 11.1 Å². The SMILES string of the molecule is Cc1ccc(C2(O)c3ccccc3C=CC2C(=O)O)cc1. The van der Waals surface area contributed by atoms with E-state index in [1.165, 1.54) is 0 Å². The number of benzene rings is 2. The Morgan fingerprint density at radius 1 is 1.10 bits per heavy atom. The molecule has 0 fully saturated rings. The Bertz CT molecular complexity index is 715. The van der Waals surface area contributed by atoms with Crippen molar-refractivity contribution in [2.75, 3.05) is 0 Å². The van der Waals surface area contributed by atoms with Crippen molar-refractivity contribution in [3.8, 4) is 0 Å². The van der Waals surface area contributed by atoms with E-state index in [-0.39, 0.29) is 0 Å². The number of fused-ring (bicyclic) bond motifs is 1. The van der Waals surface area contributed by atoms with Crippen LogP contribution < -0.4 is 0 Å². The molecule has 0 amide bonds. The summed E-state index contributed by atoms with van der Waals surface area (Å²) in [6, 6.07) is 14.7. The Hall–Kier alpha value is -2.39. The topological polar surface area (TPSA) is 57.5 Å². The molecule has 3 nitrogen and oxygen atoms in total. The van der Waals surface area contributed by atoms with Crippen LogP contribution in [-0.2, 0) is 10.4 Å². The molecule has 0 saturated heterocycles. The van der Waals surface area contributed by atoms with Gasteiger partial charge in [-0.25, -0.2) is 0 Å². The highest BCUT2D eigenvalue weighted by molar-refractivity contribution is 5.80. The maximum atomic E-state index is 11.6. The van der Waals surface area contributed by atoms with Gasteiger partial charge in [-0.3, -0.25) is 4.79 Å². The van der Waals surface area contributed by atoms with Crippen LogP contribution in [0.15, 0.2) is 54.6 Å². The van der Waals surface area contributed by atoms with E-state index >= 15 is 0 Å². The molecule has 0 aromatic heterocycles. The van der Waals surface area contributed by atoms with Gasteiger partial charge in [-0.15, -0.1) is 0 Å². The number of rotatable bonds is 2. The Balaban J connectivity index is 2.25. The Morgan fingerprint density at radius 2 is 1.76 bits per heavy atom. The average molecular weight is 280 g/mol. The third kappa shape index (κ3) is 2.06. The summed E-state index contributed by atoms with van der Waals surface area (Å²) in [5.74, 6) is -2.04. The maximum absolute atomic E-state index is 11.6. The molecule has 1 aliphatic carbocycles. The highest BCUT2D eigenvalue weighted by Gasteiger charge is 2.45. The van der Waals surface area contributed by atoms with Crippen LogP contribution in [0, 0.1) is 12.8 Å². The summed E-state index contributed by atoms with van der Waals surface area (Å²) < 4.78 is 0. The van der Waals surface area contributed by atoms with E-state index in [9.17, 15) is 15.0 Å². The highest BCUT2D eigenvalue weighted by Crippen LogP contribution is 2.43. The number of carboxylic acids is 1. The number of aliphatic hydroxyl groups is 1. The molecule has 0 saturated carbocycles. The average Bonchev–Trinajstić information content (AvgIpc) is 2.48. The third-order valence-corrected chi connectivity index (χ3v) is 4.05. The highest BCUT2D eigenvalue weighted by atomic mass is 16.4. The normalized spacial score (nSPS) is 23.6. The molecule has 0 aliphatic heterocycles. The molecule has 3 rings (SSSR count). The Morgan fingerprint density at radius 3 is 2.43 bits per heavy atom. The van der Waals surface area contributed by atoms with Crippen LogP contribution in [0.25, 0.3) is 6.08 Å².